The minimum atomic E-state index is -3.08. The summed E-state index contributed by atoms with van der Waals surface area (Å²) in [6, 6.07) is 15.8. The number of nitrogens with one attached hydrogen (secondary N) is 1. The van der Waals surface area contributed by atoms with Crippen molar-refractivity contribution in [3.8, 4) is 0 Å². The smallest absolute Gasteiger partial charge is 0.241 e. The number of fused-ring (bicyclic) bond motifs is 1. The standard InChI is InChI=1S/C24H30N2O3S/c1-18(20-12-11-19-7-5-6-8-21(19)15-20)25-16-24(27)26(22-9-3-2-4-10-22)23-13-14-30(28,29)17-23/h2-4,9-12,15,18,23,25H,5-8,13-14,16-17H2,1H3/t18-,23+/m0/s1. The molecule has 1 fully saturated rings. The summed E-state index contributed by atoms with van der Waals surface area (Å²) >= 11 is 0. The maximum atomic E-state index is 13.2. The molecule has 4 rings (SSSR count). The molecule has 1 aliphatic heterocycles. The highest BCUT2D eigenvalue weighted by Crippen LogP contribution is 2.26. The zero-order chi connectivity index (χ0) is 21.1. The number of hydrogen-bond acceptors (Lipinski definition) is 4. The number of anilines is 1. The lowest BCUT2D eigenvalue weighted by Gasteiger charge is -2.29. The Morgan fingerprint density at radius 3 is 2.53 bits per heavy atom. The molecular formula is C24H30N2O3S. The van der Waals surface area contributed by atoms with Gasteiger partial charge in [-0.15, -0.1) is 0 Å². The van der Waals surface area contributed by atoms with Crippen LogP contribution in [0.3, 0.4) is 0 Å². The molecule has 1 aliphatic carbocycles. The first-order valence-corrected chi connectivity index (χ1v) is 12.7. The molecule has 1 amide bonds. The maximum absolute atomic E-state index is 13.2. The van der Waals surface area contributed by atoms with Gasteiger partial charge in [0.1, 0.15) is 0 Å². The van der Waals surface area contributed by atoms with Crippen LogP contribution in [-0.4, -0.2) is 38.4 Å². The Labute approximate surface area is 179 Å². The molecule has 2 aromatic rings. The van der Waals surface area contributed by atoms with Gasteiger partial charge in [0.05, 0.1) is 24.1 Å². The second kappa shape index (κ2) is 8.90. The van der Waals surface area contributed by atoms with Gasteiger partial charge in [-0.05, 0) is 67.9 Å². The Hall–Kier alpha value is -2.18. The topological polar surface area (TPSA) is 66.5 Å². The van der Waals surface area contributed by atoms with Crippen molar-refractivity contribution in [2.45, 2.75) is 51.1 Å². The number of amides is 1. The van der Waals surface area contributed by atoms with Crippen LogP contribution in [0.2, 0.25) is 0 Å². The van der Waals surface area contributed by atoms with E-state index in [1.54, 1.807) is 4.90 Å². The normalized spacial score (nSPS) is 21.0. The summed E-state index contributed by atoms with van der Waals surface area (Å²) < 4.78 is 24.0. The van der Waals surface area contributed by atoms with Crippen LogP contribution in [0.15, 0.2) is 48.5 Å². The van der Waals surface area contributed by atoms with E-state index in [-0.39, 0.29) is 36.0 Å². The molecule has 6 heteroatoms. The van der Waals surface area contributed by atoms with E-state index in [0.29, 0.717) is 6.42 Å². The Kier molecular flexibility index (Phi) is 6.25. The fourth-order valence-corrected chi connectivity index (χ4v) is 6.29. The predicted molar refractivity (Wildman–Crippen MR) is 120 cm³/mol. The third-order valence-electron chi connectivity index (χ3n) is 6.31. The summed E-state index contributed by atoms with van der Waals surface area (Å²) in [5, 5.41) is 3.36. The molecule has 0 bridgehead atoms. The van der Waals surface area contributed by atoms with Gasteiger partial charge in [0.15, 0.2) is 9.84 Å². The molecule has 0 saturated carbocycles. The first kappa shape index (κ1) is 21.1. The average Bonchev–Trinajstić information content (AvgIpc) is 3.11. The Balaban J connectivity index is 1.46. The number of benzene rings is 2. The molecule has 1 N–H and O–H groups in total. The van der Waals surface area contributed by atoms with Crippen LogP contribution in [0.1, 0.15) is 48.9 Å². The summed E-state index contributed by atoms with van der Waals surface area (Å²) in [7, 11) is -3.08. The van der Waals surface area contributed by atoms with Gasteiger partial charge in [0, 0.05) is 11.7 Å². The minimum absolute atomic E-state index is 0.0357. The molecule has 160 valence electrons. The van der Waals surface area contributed by atoms with Gasteiger partial charge in [0.2, 0.25) is 5.91 Å². The van der Waals surface area contributed by atoms with E-state index >= 15 is 0 Å². The van der Waals surface area contributed by atoms with Crippen molar-refractivity contribution in [3.63, 3.8) is 0 Å². The van der Waals surface area contributed by atoms with Crippen LogP contribution in [0.4, 0.5) is 5.69 Å². The molecule has 1 saturated heterocycles. The van der Waals surface area contributed by atoms with Crippen LogP contribution >= 0.6 is 0 Å². The molecule has 0 radical (unpaired) electrons. The molecule has 0 aromatic heterocycles. The van der Waals surface area contributed by atoms with Gasteiger partial charge in [-0.3, -0.25) is 4.79 Å². The summed E-state index contributed by atoms with van der Waals surface area (Å²) in [6.45, 7) is 2.24. The summed E-state index contributed by atoms with van der Waals surface area (Å²) in [4.78, 5) is 14.9. The zero-order valence-corrected chi connectivity index (χ0v) is 18.3. The van der Waals surface area contributed by atoms with Gasteiger partial charge in [-0.2, -0.15) is 0 Å². The van der Waals surface area contributed by atoms with E-state index in [1.807, 2.05) is 30.3 Å². The lowest BCUT2D eigenvalue weighted by Crippen LogP contribution is -2.46. The highest BCUT2D eigenvalue weighted by Gasteiger charge is 2.35. The molecule has 0 unspecified atom stereocenters. The number of aryl methyl sites for hydroxylation is 2. The highest BCUT2D eigenvalue weighted by atomic mass is 32.2. The van der Waals surface area contributed by atoms with Crippen molar-refractivity contribution in [1.82, 2.24) is 5.32 Å². The van der Waals surface area contributed by atoms with E-state index in [1.165, 1.54) is 29.5 Å². The van der Waals surface area contributed by atoms with E-state index in [4.69, 9.17) is 0 Å². The number of carbonyl (C=O) groups excluding carboxylic acids is 1. The second-order valence-corrected chi connectivity index (χ2v) is 10.7. The fraction of sp³-hybridized carbons (Fsp3) is 0.458. The van der Waals surface area contributed by atoms with Crippen molar-refractivity contribution >= 4 is 21.4 Å². The van der Waals surface area contributed by atoms with Gasteiger partial charge in [0.25, 0.3) is 0 Å². The van der Waals surface area contributed by atoms with Crippen molar-refractivity contribution in [2.24, 2.45) is 0 Å². The summed E-state index contributed by atoms with van der Waals surface area (Å²) in [6.07, 6.45) is 5.29. The van der Waals surface area contributed by atoms with E-state index < -0.39 is 9.84 Å². The van der Waals surface area contributed by atoms with Crippen LogP contribution in [-0.2, 0) is 27.5 Å². The molecule has 2 atom stereocenters. The van der Waals surface area contributed by atoms with Gasteiger partial charge in [-0.1, -0.05) is 36.4 Å². The van der Waals surface area contributed by atoms with Crippen molar-refractivity contribution < 1.29 is 13.2 Å². The number of para-hydroxylation sites is 1. The van der Waals surface area contributed by atoms with Crippen LogP contribution in [0, 0.1) is 0 Å². The number of nitrogens with zero attached hydrogens (tertiary/aromatic N) is 1. The summed E-state index contributed by atoms with van der Waals surface area (Å²) in [5.74, 6) is 0.0921. The largest absolute Gasteiger partial charge is 0.307 e. The van der Waals surface area contributed by atoms with E-state index in [9.17, 15) is 13.2 Å². The predicted octanol–water partition coefficient (Wildman–Crippen LogP) is 3.44. The second-order valence-electron chi connectivity index (χ2n) is 8.49. The fourth-order valence-electron chi connectivity index (χ4n) is 4.59. The summed E-state index contributed by atoms with van der Waals surface area (Å²) in [5.41, 5.74) is 4.83. The van der Waals surface area contributed by atoms with Crippen molar-refractivity contribution in [3.05, 3.63) is 65.2 Å². The van der Waals surface area contributed by atoms with Crippen LogP contribution in [0.5, 0.6) is 0 Å². The molecule has 2 aromatic carbocycles. The van der Waals surface area contributed by atoms with Gasteiger partial charge >= 0.3 is 0 Å². The molecule has 1 heterocycles. The average molecular weight is 427 g/mol. The first-order valence-electron chi connectivity index (χ1n) is 10.9. The maximum Gasteiger partial charge on any atom is 0.241 e. The number of carbonyl (C=O) groups is 1. The first-order chi connectivity index (χ1) is 14.4. The monoisotopic (exact) mass is 426 g/mol. The van der Waals surface area contributed by atoms with E-state index in [0.717, 1.165) is 18.5 Å². The molecule has 2 aliphatic rings. The number of rotatable bonds is 6. The Morgan fingerprint density at radius 1 is 1.10 bits per heavy atom. The van der Waals surface area contributed by atoms with E-state index in [2.05, 4.69) is 30.4 Å². The van der Waals surface area contributed by atoms with Gasteiger partial charge < -0.3 is 10.2 Å². The number of hydrogen-bond donors (Lipinski definition) is 1. The highest BCUT2D eigenvalue weighted by molar-refractivity contribution is 7.91. The van der Waals surface area contributed by atoms with Crippen molar-refractivity contribution in [2.75, 3.05) is 23.0 Å². The van der Waals surface area contributed by atoms with Crippen LogP contribution < -0.4 is 10.2 Å². The zero-order valence-electron chi connectivity index (χ0n) is 17.5. The van der Waals surface area contributed by atoms with Crippen molar-refractivity contribution in [1.29, 1.82) is 0 Å². The third-order valence-corrected chi connectivity index (χ3v) is 8.06. The SMILES string of the molecule is C[C@H](NCC(=O)N(c1ccccc1)[C@@H]1CCS(=O)(=O)C1)c1ccc2c(c1)CCCC2. The molecule has 0 spiro atoms. The third kappa shape index (κ3) is 4.76. The molecular weight excluding hydrogens is 396 g/mol. The Morgan fingerprint density at radius 2 is 1.83 bits per heavy atom. The van der Waals surface area contributed by atoms with Gasteiger partial charge in [-0.25, -0.2) is 8.42 Å². The minimum Gasteiger partial charge on any atom is -0.307 e. The lowest BCUT2D eigenvalue weighted by atomic mass is 9.89. The number of sulfone groups is 1. The van der Waals surface area contributed by atoms with Crippen LogP contribution in [0.25, 0.3) is 0 Å². The Bertz CT molecular complexity index is 1000. The molecule has 30 heavy (non-hydrogen) atoms. The lowest BCUT2D eigenvalue weighted by molar-refractivity contribution is -0.118. The quantitative estimate of drug-likeness (QED) is 0.768. The molecule has 5 nitrogen and oxygen atoms in total.